The molecule has 0 atom stereocenters. The number of esters is 1. The van der Waals surface area contributed by atoms with E-state index >= 15 is 0 Å². The number of carbonyl (C=O) groups is 1. The summed E-state index contributed by atoms with van der Waals surface area (Å²) in [5.74, 6) is 1.77. The van der Waals surface area contributed by atoms with E-state index in [1.54, 1.807) is 18.2 Å². The zero-order chi connectivity index (χ0) is 23.2. The molecule has 3 aliphatic heterocycles. The van der Waals surface area contributed by atoms with Gasteiger partial charge in [0.05, 0.1) is 4.92 Å². The minimum atomic E-state index is -0.624. The van der Waals surface area contributed by atoms with Crippen LogP contribution in [0.25, 0.3) is 11.3 Å². The molecule has 166 valence electrons. The van der Waals surface area contributed by atoms with Crippen LogP contribution >= 0.6 is 0 Å². The van der Waals surface area contributed by atoms with E-state index in [1.807, 2.05) is 30.3 Å². The number of hydrogen-bond donors (Lipinski definition) is 0. The number of hydrogen-bond acceptors (Lipinski definition) is 8. The maximum Gasteiger partial charge on any atom is 0.364 e. The highest BCUT2D eigenvalue weighted by Crippen LogP contribution is 2.42. The van der Waals surface area contributed by atoms with Gasteiger partial charge in [0.1, 0.15) is 11.5 Å². The Labute approximate surface area is 192 Å². The number of ether oxygens (including phenoxy) is 4. The molecule has 0 amide bonds. The molecule has 6 rings (SSSR count). The van der Waals surface area contributed by atoms with Gasteiger partial charge in [-0.05, 0) is 42.5 Å². The summed E-state index contributed by atoms with van der Waals surface area (Å²) in [6.45, 7) is 0.156. The molecule has 0 saturated carbocycles. The van der Waals surface area contributed by atoms with Gasteiger partial charge in [-0.15, -0.1) is 0 Å². The molecule has 0 aliphatic carbocycles. The monoisotopic (exact) mass is 454 g/mol. The summed E-state index contributed by atoms with van der Waals surface area (Å²) in [4.78, 5) is 27.7. The summed E-state index contributed by atoms with van der Waals surface area (Å²) in [5.41, 5.74) is 2.46. The van der Waals surface area contributed by atoms with Crippen LogP contribution in [0.5, 0.6) is 17.2 Å². The fourth-order valence-corrected chi connectivity index (χ4v) is 3.85. The van der Waals surface area contributed by atoms with Crippen molar-refractivity contribution in [3.8, 4) is 17.2 Å². The van der Waals surface area contributed by atoms with Crippen molar-refractivity contribution in [2.24, 2.45) is 4.99 Å². The summed E-state index contributed by atoms with van der Waals surface area (Å²) < 4.78 is 22.4. The molecule has 0 radical (unpaired) electrons. The summed E-state index contributed by atoms with van der Waals surface area (Å²) in [6, 6.07) is 18.4. The first-order valence-corrected chi connectivity index (χ1v) is 10.3. The van der Waals surface area contributed by atoms with Crippen LogP contribution in [0.2, 0.25) is 0 Å². The largest absolute Gasteiger partial charge is 0.456 e. The van der Waals surface area contributed by atoms with Crippen LogP contribution in [0.15, 0.2) is 83.5 Å². The van der Waals surface area contributed by atoms with Crippen LogP contribution in [-0.2, 0) is 9.53 Å². The normalized spacial score (nSPS) is 17.9. The fourth-order valence-electron chi connectivity index (χ4n) is 3.85. The van der Waals surface area contributed by atoms with Crippen molar-refractivity contribution in [1.82, 2.24) is 0 Å². The van der Waals surface area contributed by atoms with E-state index in [0.29, 0.717) is 39.7 Å². The number of fused-ring (bicyclic) bond motifs is 2. The maximum atomic E-state index is 12.8. The Morgan fingerprint density at radius 3 is 2.44 bits per heavy atom. The van der Waals surface area contributed by atoms with E-state index in [9.17, 15) is 14.9 Å². The summed E-state index contributed by atoms with van der Waals surface area (Å²) >= 11 is 0. The highest BCUT2D eigenvalue weighted by atomic mass is 16.7. The number of cyclic esters (lactones) is 1. The van der Waals surface area contributed by atoms with Crippen LogP contribution < -0.4 is 14.2 Å². The smallest absolute Gasteiger partial charge is 0.364 e. The molecular weight excluding hydrogens is 440 g/mol. The average molecular weight is 454 g/mol. The minimum Gasteiger partial charge on any atom is -0.456 e. The number of nitrogens with zero attached hydrogens (tertiary/aromatic N) is 2. The highest BCUT2D eigenvalue weighted by molar-refractivity contribution is 6.15. The van der Waals surface area contributed by atoms with Crippen molar-refractivity contribution in [3.05, 3.63) is 105 Å². The summed E-state index contributed by atoms with van der Waals surface area (Å²) in [7, 11) is 0. The van der Waals surface area contributed by atoms with E-state index in [1.165, 1.54) is 24.3 Å². The van der Waals surface area contributed by atoms with Gasteiger partial charge in [-0.2, -0.15) is 0 Å². The lowest BCUT2D eigenvalue weighted by Crippen LogP contribution is -2.08. The van der Waals surface area contributed by atoms with Gasteiger partial charge in [-0.3, -0.25) is 10.1 Å². The van der Waals surface area contributed by atoms with Crippen LogP contribution in [0, 0.1) is 10.1 Å². The third-order valence-electron chi connectivity index (χ3n) is 5.51. The van der Waals surface area contributed by atoms with Gasteiger partial charge in [0.2, 0.25) is 12.7 Å². The lowest BCUT2D eigenvalue weighted by molar-refractivity contribution is -0.384. The van der Waals surface area contributed by atoms with Gasteiger partial charge >= 0.3 is 5.97 Å². The van der Waals surface area contributed by atoms with E-state index < -0.39 is 10.9 Å². The van der Waals surface area contributed by atoms with Gasteiger partial charge in [-0.1, -0.05) is 18.2 Å². The molecule has 3 aromatic rings. The first-order valence-electron chi connectivity index (χ1n) is 10.3. The van der Waals surface area contributed by atoms with Gasteiger partial charge < -0.3 is 18.9 Å². The lowest BCUT2D eigenvalue weighted by atomic mass is 9.97. The molecule has 0 spiro atoms. The predicted molar refractivity (Wildman–Crippen MR) is 120 cm³/mol. The quantitative estimate of drug-likeness (QED) is 0.249. The van der Waals surface area contributed by atoms with E-state index in [0.717, 1.165) is 5.56 Å². The second kappa shape index (κ2) is 7.59. The molecule has 3 aliphatic rings. The number of benzene rings is 3. The van der Waals surface area contributed by atoms with Crippen molar-refractivity contribution in [3.63, 3.8) is 0 Å². The third kappa shape index (κ3) is 3.27. The number of nitro groups is 1. The standard InChI is InChI=1S/C25H14N2O7/c28-25-23(26-24(34-25)14-5-8-16(9-6-14)27(29)30)18-12-21(33-19-4-2-1-3-17(18)19)15-7-10-20-22(11-15)32-13-31-20/h1-12H,13H2. The minimum absolute atomic E-state index is 0.0677. The van der Waals surface area contributed by atoms with E-state index in [4.69, 9.17) is 18.9 Å². The topological polar surface area (TPSA) is 109 Å². The molecule has 0 N–H and O–H groups in total. The van der Waals surface area contributed by atoms with Crippen molar-refractivity contribution in [2.45, 2.75) is 0 Å². The number of para-hydroxylation sites is 1. The Morgan fingerprint density at radius 2 is 1.62 bits per heavy atom. The van der Waals surface area contributed by atoms with Crippen molar-refractivity contribution < 1.29 is 28.7 Å². The molecule has 9 heteroatoms. The molecule has 0 saturated heterocycles. The number of non-ortho nitro benzene ring substituents is 1. The van der Waals surface area contributed by atoms with E-state index in [2.05, 4.69) is 4.99 Å². The Morgan fingerprint density at radius 1 is 0.853 bits per heavy atom. The van der Waals surface area contributed by atoms with Crippen molar-refractivity contribution in [1.29, 1.82) is 0 Å². The molecule has 0 fully saturated rings. The Balaban J connectivity index is 1.46. The first-order chi connectivity index (χ1) is 16.6. The van der Waals surface area contributed by atoms with Gasteiger partial charge in [0, 0.05) is 34.4 Å². The molecule has 0 aromatic heterocycles. The van der Waals surface area contributed by atoms with Crippen LogP contribution in [0.4, 0.5) is 5.69 Å². The maximum absolute atomic E-state index is 12.8. The molecule has 9 nitrogen and oxygen atoms in total. The number of aliphatic imine (C=N–C) groups is 1. The zero-order valence-electron chi connectivity index (χ0n) is 17.4. The molecule has 34 heavy (non-hydrogen) atoms. The lowest BCUT2D eigenvalue weighted by Gasteiger charge is -2.20. The fraction of sp³-hybridized carbons (Fsp3) is 0.0400. The Bertz CT molecular complexity index is 1470. The molecule has 3 aromatic carbocycles. The molecule has 0 bridgehead atoms. The Hall–Kier alpha value is -4.92. The number of carbonyl (C=O) groups excluding carboxylic acids is 1. The molecule has 0 unspecified atom stereocenters. The van der Waals surface area contributed by atoms with Crippen molar-refractivity contribution >= 4 is 28.9 Å². The zero-order valence-corrected chi connectivity index (χ0v) is 17.4. The molecule has 3 heterocycles. The van der Waals surface area contributed by atoms with Gasteiger partial charge in [-0.25, -0.2) is 9.79 Å². The number of nitro benzene ring substituents is 1. The Kier molecular flexibility index (Phi) is 4.41. The van der Waals surface area contributed by atoms with Crippen LogP contribution in [0.3, 0.4) is 0 Å². The highest BCUT2D eigenvalue weighted by Gasteiger charge is 2.31. The average Bonchev–Trinajstić information content (AvgIpc) is 3.49. The predicted octanol–water partition coefficient (Wildman–Crippen LogP) is 4.47. The van der Waals surface area contributed by atoms with Crippen LogP contribution in [0.1, 0.15) is 16.7 Å². The third-order valence-corrected chi connectivity index (χ3v) is 5.51. The summed E-state index contributed by atoms with van der Waals surface area (Å²) in [5, 5.41) is 10.9. The summed E-state index contributed by atoms with van der Waals surface area (Å²) in [6.07, 6.45) is 1.73. The molecular formula is C25H14N2O7. The SMILES string of the molecule is O=C1OC(c2ccc([N+](=O)[O-])cc2)=NC1=C1C=C(c2ccc3c(c2)OCO3)Oc2ccccc21. The first kappa shape index (κ1) is 19.7. The van der Waals surface area contributed by atoms with Gasteiger partial charge in [0.25, 0.3) is 5.69 Å². The second-order valence-electron chi connectivity index (χ2n) is 7.55. The second-order valence-corrected chi connectivity index (χ2v) is 7.55. The van der Waals surface area contributed by atoms with Gasteiger partial charge in [0.15, 0.2) is 17.2 Å². The van der Waals surface area contributed by atoms with Crippen molar-refractivity contribution in [2.75, 3.05) is 6.79 Å². The number of rotatable bonds is 3. The van der Waals surface area contributed by atoms with Crippen LogP contribution in [-0.4, -0.2) is 23.6 Å². The number of allylic oxidation sites excluding steroid dienone is 2. The van der Waals surface area contributed by atoms with E-state index in [-0.39, 0.29) is 24.1 Å².